The van der Waals surface area contributed by atoms with Gasteiger partial charge in [-0.2, -0.15) is 0 Å². The quantitative estimate of drug-likeness (QED) is 0.712. The van der Waals surface area contributed by atoms with E-state index >= 15 is 0 Å². The Bertz CT molecular complexity index is 374. The second-order valence-electron chi connectivity index (χ2n) is 4.43. The summed E-state index contributed by atoms with van der Waals surface area (Å²) in [5.41, 5.74) is 0. The highest BCUT2D eigenvalue weighted by Crippen LogP contribution is 2.14. The molecule has 1 atom stereocenters. The molecule has 1 rings (SSSR count). The number of amides is 3. The Morgan fingerprint density at radius 1 is 1.42 bits per heavy atom. The molecule has 1 saturated heterocycles. The first-order valence-electron chi connectivity index (χ1n) is 6.04. The summed E-state index contributed by atoms with van der Waals surface area (Å²) in [4.78, 5) is 34.5. The zero-order chi connectivity index (χ0) is 14.3. The molecule has 0 aromatic rings. The van der Waals surface area contributed by atoms with E-state index in [-0.39, 0.29) is 5.92 Å². The van der Waals surface area contributed by atoms with E-state index in [1.807, 2.05) is 0 Å². The molecule has 2 N–H and O–H groups in total. The topological polar surface area (TPSA) is 95.9 Å². The normalized spacial score (nSPS) is 19.1. The molecule has 1 heterocycles. The number of imide groups is 1. The maximum atomic E-state index is 11.6. The number of hydrogen-bond donors (Lipinski definition) is 2. The van der Waals surface area contributed by atoms with E-state index in [1.54, 1.807) is 7.05 Å². The Morgan fingerprint density at radius 2 is 2.16 bits per heavy atom. The van der Waals surface area contributed by atoms with Crippen LogP contribution in [0, 0.1) is 5.92 Å². The van der Waals surface area contributed by atoms with Crippen LogP contribution in [0.5, 0.6) is 0 Å². The van der Waals surface area contributed by atoms with Crippen LogP contribution in [0.15, 0.2) is 12.2 Å². The predicted molar refractivity (Wildman–Crippen MR) is 66.5 cm³/mol. The van der Waals surface area contributed by atoms with Crippen molar-refractivity contribution in [1.29, 1.82) is 0 Å². The molecule has 1 fully saturated rings. The van der Waals surface area contributed by atoms with Gasteiger partial charge in [-0.15, -0.1) is 0 Å². The van der Waals surface area contributed by atoms with E-state index in [1.165, 1.54) is 4.90 Å². The molecule has 0 radical (unpaired) electrons. The number of aliphatic carboxylic acids is 1. The number of hydrogen-bond acceptors (Lipinski definition) is 4. The number of carbonyl (C=O) groups is 3. The molecule has 7 nitrogen and oxygen atoms in total. The van der Waals surface area contributed by atoms with Crippen LogP contribution >= 0.6 is 0 Å². The van der Waals surface area contributed by atoms with Gasteiger partial charge in [0.15, 0.2) is 0 Å². The summed E-state index contributed by atoms with van der Waals surface area (Å²) < 4.78 is 5.31. The van der Waals surface area contributed by atoms with Crippen molar-refractivity contribution in [3.05, 3.63) is 12.2 Å². The van der Waals surface area contributed by atoms with E-state index in [0.29, 0.717) is 19.2 Å². The van der Waals surface area contributed by atoms with Crippen LogP contribution in [0.3, 0.4) is 0 Å². The van der Waals surface area contributed by atoms with Gasteiger partial charge in [-0.25, -0.2) is 9.59 Å². The molecule has 106 valence electrons. The van der Waals surface area contributed by atoms with Gasteiger partial charge in [-0.1, -0.05) is 0 Å². The molecule has 0 saturated carbocycles. The minimum absolute atomic E-state index is 0.272. The highest BCUT2D eigenvalue weighted by molar-refractivity contribution is 6.02. The maximum absolute atomic E-state index is 11.6. The Balaban J connectivity index is 2.35. The van der Waals surface area contributed by atoms with Gasteiger partial charge in [0.2, 0.25) is 0 Å². The van der Waals surface area contributed by atoms with Crippen molar-refractivity contribution in [1.82, 2.24) is 10.2 Å². The van der Waals surface area contributed by atoms with Crippen LogP contribution < -0.4 is 5.32 Å². The minimum Gasteiger partial charge on any atom is -0.478 e. The zero-order valence-corrected chi connectivity index (χ0v) is 10.8. The maximum Gasteiger partial charge on any atom is 0.328 e. The SMILES string of the molecule is CN(CC1CCCOC1)C(=O)NC(=O)C=CC(=O)O. The average Bonchev–Trinajstić information content (AvgIpc) is 2.37. The summed E-state index contributed by atoms with van der Waals surface area (Å²) in [5, 5.41) is 10.4. The van der Waals surface area contributed by atoms with Gasteiger partial charge in [0.05, 0.1) is 6.61 Å². The molecule has 0 aromatic heterocycles. The number of rotatable bonds is 4. The minimum atomic E-state index is -1.24. The second-order valence-corrected chi connectivity index (χ2v) is 4.43. The van der Waals surface area contributed by atoms with Gasteiger partial charge in [-0.05, 0) is 12.8 Å². The Labute approximate surface area is 111 Å². The van der Waals surface area contributed by atoms with Crippen molar-refractivity contribution in [2.75, 3.05) is 26.8 Å². The van der Waals surface area contributed by atoms with E-state index < -0.39 is 17.9 Å². The smallest absolute Gasteiger partial charge is 0.328 e. The lowest BCUT2D eigenvalue weighted by molar-refractivity contribution is -0.131. The van der Waals surface area contributed by atoms with Crippen molar-refractivity contribution in [2.24, 2.45) is 5.92 Å². The number of carboxylic acid groups (broad SMARTS) is 1. The highest BCUT2D eigenvalue weighted by atomic mass is 16.5. The third-order valence-electron chi connectivity index (χ3n) is 2.74. The lowest BCUT2D eigenvalue weighted by atomic mass is 10.0. The molecule has 1 unspecified atom stereocenters. The summed E-state index contributed by atoms with van der Waals surface area (Å²) in [6, 6.07) is -0.550. The molecule has 0 bridgehead atoms. The van der Waals surface area contributed by atoms with E-state index in [4.69, 9.17) is 9.84 Å². The Kier molecular flexibility index (Phi) is 6.01. The fraction of sp³-hybridized carbons (Fsp3) is 0.583. The number of carboxylic acids is 1. The largest absolute Gasteiger partial charge is 0.478 e. The van der Waals surface area contributed by atoms with Gasteiger partial charge in [0.25, 0.3) is 5.91 Å². The summed E-state index contributed by atoms with van der Waals surface area (Å²) in [5.74, 6) is -1.72. The summed E-state index contributed by atoms with van der Waals surface area (Å²) in [6.45, 7) is 1.87. The molecule has 3 amide bonds. The van der Waals surface area contributed by atoms with Gasteiger partial charge in [-0.3, -0.25) is 10.1 Å². The van der Waals surface area contributed by atoms with Gasteiger partial charge in [0, 0.05) is 38.3 Å². The van der Waals surface area contributed by atoms with Crippen molar-refractivity contribution in [2.45, 2.75) is 12.8 Å². The summed E-state index contributed by atoms with van der Waals surface area (Å²) >= 11 is 0. The highest BCUT2D eigenvalue weighted by Gasteiger charge is 2.19. The number of carbonyl (C=O) groups excluding carboxylic acids is 2. The fourth-order valence-corrected chi connectivity index (χ4v) is 1.81. The number of ether oxygens (including phenoxy) is 1. The predicted octanol–water partition coefficient (Wildman–Crippen LogP) is 0.222. The third-order valence-corrected chi connectivity index (χ3v) is 2.74. The van der Waals surface area contributed by atoms with Crippen molar-refractivity contribution in [3.63, 3.8) is 0 Å². The number of nitrogens with zero attached hydrogens (tertiary/aromatic N) is 1. The van der Waals surface area contributed by atoms with Crippen molar-refractivity contribution >= 4 is 17.9 Å². The lowest BCUT2D eigenvalue weighted by Gasteiger charge is -2.26. The number of urea groups is 1. The first-order chi connectivity index (χ1) is 8.99. The van der Waals surface area contributed by atoms with Gasteiger partial charge < -0.3 is 14.7 Å². The van der Waals surface area contributed by atoms with Crippen LogP contribution in [0.4, 0.5) is 4.79 Å². The van der Waals surface area contributed by atoms with Gasteiger partial charge >= 0.3 is 12.0 Å². The summed E-state index contributed by atoms with van der Waals surface area (Å²) in [7, 11) is 1.58. The van der Waals surface area contributed by atoms with E-state index in [2.05, 4.69) is 5.32 Å². The van der Waals surface area contributed by atoms with Crippen molar-refractivity contribution < 1.29 is 24.2 Å². The van der Waals surface area contributed by atoms with Crippen molar-refractivity contribution in [3.8, 4) is 0 Å². The first kappa shape index (κ1) is 15.2. The lowest BCUT2D eigenvalue weighted by Crippen LogP contribution is -2.43. The first-order valence-corrected chi connectivity index (χ1v) is 6.04. The molecule has 0 spiro atoms. The van der Waals surface area contributed by atoms with Crippen LogP contribution in [0.2, 0.25) is 0 Å². The van der Waals surface area contributed by atoms with Crippen LogP contribution in [0.25, 0.3) is 0 Å². The van der Waals surface area contributed by atoms with E-state index in [9.17, 15) is 14.4 Å². The molecule has 0 aliphatic carbocycles. The summed E-state index contributed by atoms with van der Waals surface area (Å²) in [6.07, 6.45) is 3.44. The molecule has 0 aromatic carbocycles. The monoisotopic (exact) mass is 270 g/mol. The molecule has 1 aliphatic rings. The average molecular weight is 270 g/mol. The van der Waals surface area contributed by atoms with Crippen LogP contribution in [-0.4, -0.2) is 54.7 Å². The van der Waals surface area contributed by atoms with Crippen LogP contribution in [-0.2, 0) is 14.3 Å². The molecular weight excluding hydrogens is 252 g/mol. The zero-order valence-electron chi connectivity index (χ0n) is 10.8. The molecule has 7 heteroatoms. The van der Waals surface area contributed by atoms with Crippen LogP contribution in [0.1, 0.15) is 12.8 Å². The second kappa shape index (κ2) is 7.52. The molecular formula is C12H18N2O5. The fourth-order valence-electron chi connectivity index (χ4n) is 1.81. The standard InChI is InChI=1S/C12H18N2O5/c1-14(7-9-3-2-6-19-8-9)12(18)13-10(15)4-5-11(16)17/h4-5,9H,2-3,6-8H2,1H3,(H,16,17)(H,13,15,18). The third kappa shape index (κ3) is 6.01. The Morgan fingerprint density at radius 3 is 2.74 bits per heavy atom. The number of nitrogens with one attached hydrogen (secondary N) is 1. The molecule has 19 heavy (non-hydrogen) atoms. The molecule has 1 aliphatic heterocycles. The van der Waals surface area contributed by atoms with Gasteiger partial charge in [0.1, 0.15) is 0 Å². The Hall–Kier alpha value is -1.89. The van der Waals surface area contributed by atoms with E-state index in [0.717, 1.165) is 25.5 Å².